The van der Waals surface area contributed by atoms with Crippen LogP contribution in [0.4, 0.5) is 21.0 Å². The number of anilines is 1. The smallest absolute Gasteiger partial charge is 0.405 e. The molecular formula is C59H89N6O16+. The van der Waals surface area contributed by atoms with E-state index in [0.717, 1.165) is 6.08 Å². The van der Waals surface area contributed by atoms with E-state index in [1.54, 1.807) is 96.6 Å². The minimum atomic E-state index is -0.997. The van der Waals surface area contributed by atoms with Crippen molar-refractivity contribution < 1.29 is 82.9 Å². The summed E-state index contributed by atoms with van der Waals surface area (Å²) in [7, 11) is 9.20. The highest BCUT2D eigenvalue weighted by molar-refractivity contribution is 6.23. The van der Waals surface area contributed by atoms with Crippen molar-refractivity contribution in [3.63, 3.8) is 0 Å². The van der Waals surface area contributed by atoms with Crippen LogP contribution < -0.4 is 32.7 Å². The van der Waals surface area contributed by atoms with E-state index in [0.29, 0.717) is 47.2 Å². The van der Waals surface area contributed by atoms with E-state index in [1.165, 1.54) is 40.6 Å². The van der Waals surface area contributed by atoms with Crippen LogP contribution in [0.5, 0.6) is 11.5 Å². The SMILES string of the molecule is C.CNC1=C2C[C@@H](C)C[C@H](OC)[C@H](O)[C@@H](C)/C=C(\C)[C@H](OC(N)=O)[C@@H](OC)/C=C\C=C(/C)C(=O)NC(=CC1=O)C2=O.C[NH2+]c1c(O)cc2c(O)c1C[C@@H](C)C[C@H](OC)[C@H](O)[C@@H](C)/C=C(\C)[C@H](OC(N)=O)[C@@H](OC)/C=C\C=C(/C)C(=O)N2. The van der Waals surface area contributed by atoms with E-state index in [-0.39, 0.29) is 65.4 Å². The summed E-state index contributed by atoms with van der Waals surface area (Å²) in [5, 5.41) is 53.9. The molecule has 450 valence electrons. The molecule has 3 aliphatic rings. The van der Waals surface area contributed by atoms with Gasteiger partial charge in [-0.2, -0.15) is 0 Å². The predicted octanol–water partition coefficient (Wildman–Crippen LogP) is 5.00. The minimum Gasteiger partial charge on any atom is -0.505 e. The van der Waals surface area contributed by atoms with E-state index in [4.69, 9.17) is 39.9 Å². The Morgan fingerprint density at radius 1 is 0.704 bits per heavy atom. The number of hydrogen-bond acceptors (Lipinski definition) is 17. The fraction of sp³-hybridized carbons (Fsp3) is 0.525. The molecule has 1 aromatic carbocycles. The Morgan fingerprint density at radius 2 is 1.15 bits per heavy atom. The molecule has 0 unspecified atom stereocenters. The summed E-state index contributed by atoms with van der Waals surface area (Å²) in [6.07, 6.45) is 7.07. The van der Waals surface area contributed by atoms with Crippen molar-refractivity contribution in [2.45, 2.75) is 137 Å². The monoisotopic (exact) mass is 1140 g/mol. The molecule has 22 nitrogen and oxygen atoms in total. The third-order valence-electron chi connectivity index (χ3n) is 14.2. The molecule has 12 atom stereocenters. The molecule has 81 heavy (non-hydrogen) atoms. The number of primary amides is 2. The van der Waals surface area contributed by atoms with Gasteiger partial charge in [0.05, 0.1) is 54.1 Å². The molecule has 4 amide bonds. The fourth-order valence-electron chi connectivity index (χ4n) is 9.81. The third-order valence-corrected chi connectivity index (χ3v) is 14.2. The zero-order chi connectivity index (χ0) is 60.3. The molecule has 22 heteroatoms. The number of amides is 4. The zero-order valence-corrected chi connectivity index (χ0v) is 48.5. The number of carbonyl (C=O) groups excluding carboxylic acids is 6. The number of nitrogens with two attached hydrogens (primary N) is 3. The Kier molecular flexibility index (Phi) is 28.7. The number of phenols is 2. The van der Waals surface area contributed by atoms with E-state index in [2.05, 4.69) is 16.0 Å². The Morgan fingerprint density at radius 3 is 1.56 bits per heavy atom. The lowest BCUT2D eigenvalue weighted by atomic mass is 9.85. The lowest BCUT2D eigenvalue weighted by molar-refractivity contribution is -0.540. The van der Waals surface area contributed by atoms with Crippen molar-refractivity contribution in [3.05, 3.63) is 106 Å². The molecule has 0 spiro atoms. The second-order valence-corrected chi connectivity index (χ2v) is 20.5. The number of fused-ring (bicyclic) bond motifs is 4. The number of aliphatic hydroxyl groups excluding tert-OH is 2. The van der Waals surface area contributed by atoms with Gasteiger partial charge in [-0.3, -0.25) is 19.2 Å². The molecule has 0 fully saturated rings. The van der Waals surface area contributed by atoms with E-state index >= 15 is 0 Å². The summed E-state index contributed by atoms with van der Waals surface area (Å²) in [4.78, 5) is 75.4. The number of allylic oxidation sites excluding steroid dienone is 6. The molecule has 2 aliphatic heterocycles. The van der Waals surface area contributed by atoms with E-state index in [9.17, 15) is 49.2 Å². The molecule has 2 heterocycles. The largest absolute Gasteiger partial charge is 0.505 e. The summed E-state index contributed by atoms with van der Waals surface area (Å²) in [5.41, 5.74) is 13.8. The Labute approximate surface area is 476 Å². The first-order chi connectivity index (χ1) is 37.7. The van der Waals surface area contributed by atoms with Crippen molar-refractivity contribution in [3.8, 4) is 11.5 Å². The van der Waals surface area contributed by atoms with E-state index < -0.39 is 96.2 Å². The topological polar surface area (TPSA) is 343 Å². The van der Waals surface area contributed by atoms with Crippen LogP contribution in [0.3, 0.4) is 0 Å². The second kappa shape index (κ2) is 33.1. The molecule has 1 aromatic rings. The number of aromatic hydroxyl groups is 2. The molecule has 4 bridgehead atoms. The first-order valence-electron chi connectivity index (χ1n) is 26.4. The summed E-state index contributed by atoms with van der Waals surface area (Å²) in [6, 6.07) is 1.31. The maximum absolute atomic E-state index is 13.4. The molecule has 0 aromatic heterocycles. The summed E-state index contributed by atoms with van der Waals surface area (Å²) in [5.74, 6) is -3.26. The summed E-state index contributed by atoms with van der Waals surface area (Å²) in [6.45, 7) is 14.1. The van der Waals surface area contributed by atoms with Gasteiger partial charge in [0, 0.05) is 76.2 Å². The number of ketones is 2. The summed E-state index contributed by atoms with van der Waals surface area (Å²) >= 11 is 0. The van der Waals surface area contributed by atoms with Gasteiger partial charge in [-0.1, -0.05) is 83.7 Å². The van der Waals surface area contributed by atoms with Gasteiger partial charge >= 0.3 is 12.2 Å². The highest BCUT2D eigenvalue weighted by Gasteiger charge is 2.35. The van der Waals surface area contributed by atoms with Crippen LogP contribution >= 0.6 is 0 Å². The molecule has 0 radical (unpaired) electrons. The highest BCUT2D eigenvalue weighted by Crippen LogP contribution is 2.40. The molecule has 13 N–H and O–H groups in total. The zero-order valence-electron chi connectivity index (χ0n) is 48.5. The normalized spacial score (nSPS) is 31.1. The van der Waals surface area contributed by atoms with Crippen LogP contribution in [-0.2, 0) is 54.0 Å². The first kappa shape index (κ1) is 70.2. The average molecular weight is 1140 g/mol. The van der Waals surface area contributed by atoms with Gasteiger partial charge in [0.2, 0.25) is 11.6 Å². The number of phenolic OH excluding ortho intramolecular Hbond substituents is 2. The third kappa shape index (κ3) is 19.6. The summed E-state index contributed by atoms with van der Waals surface area (Å²) < 4.78 is 33.1. The van der Waals surface area contributed by atoms with Gasteiger partial charge in [0.25, 0.3) is 11.8 Å². The predicted molar refractivity (Wildman–Crippen MR) is 307 cm³/mol. The van der Waals surface area contributed by atoms with E-state index in [1.807, 2.05) is 20.8 Å². The number of aliphatic hydroxyl groups is 2. The van der Waals surface area contributed by atoms with Gasteiger partial charge in [-0.05, 0) is 76.4 Å². The number of methoxy groups -OCH3 is 4. The lowest BCUT2D eigenvalue weighted by Crippen LogP contribution is -2.73. The van der Waals surface area contributed by atoms with Crippen LogP contribution in [0.25, 0.3) is 0 Å². The van der Waals surface area contributed by atoms with Crippen molar-refractivity contribution in [2.24, 2.45) is 35.1 Å². The molecule has 0 saturated heterocycles. The molecule has 4 rings (SSSR count). The van der Waals surface area contributed by atoms with Crippen molar-refractivity contribution in [2.75, 3.05) is 47.9 Å². The van der Waals surface area contributed by atoms with Gasteiger partial charge in [0.15, 0.2) is 23.6 Å². The van der Waals surface area contributed by atoms with Crippen LogP contribution in [0.15, 0.2) is 100 Å². The number of nitrogens with one attached hydrogen (secondary N) is 3. The number of rotatable bonds is 8. The van der Waals surface area contributed by atoms with Crippen molar-refractivity contribution in [1.29, 1.82) is 0 Å². The Balaban J connectivity index is 0.000000547. The van der Waals surface area contributed by atoms with Crippen molar-refractivity contribution >= 4 is 46.9 Å². The number of quaternary nitrogens is 1. The Bertz CT molecular complexity index is 2650. The first-order valence-corrected chi connectivity index (χ1v) is 26.4. The average Bonchev–Trinajstić information content (AvgIpc) is 3.43. The van der Waals surface area contributed by atoms with Crippen molar-refractivity contribution in [1.82, 2.24) is 10.6 Å². The quantitative estimate of drug-likeness (QED) is 0.0538. The van der Waals surface area contributed by atoms with Crippen LogP contribution in [0.1, 0.15) is 87.6 Å². The number of carbonyl (C=O) groups is 6. The van der Waals surface area contributed by atoms with Crippen LogP contribution in [0.2, 0.25) is 0 Å². The van der Waals surface area contributed by atoms with Gasteiger partial charge in [0.1, 0.15) is 18.0 Å². The second-order valence-electron chi connectivity index (χ2n) is 20.5. The van der Waals surface area contributed by atoms with Gasteiger partial charge in [-0.25, -0.2) is 9.59 Å². The molecule has 1 aliphatic carbocycles. The number of likely N-dealkylation sites (N-methyl/N-ethyl adjacent to an activating group) is 1. The maximum atomic E-state index is 13.4. The van der Waals surface area contributed by atoms with Crippen LogP contribution in [-0.4, -0.2) is 147 Å². The fourth-order valence-corrected chi connectivity index (χ4v) is 9.81. The lowest BCUT2D eigenvalue weighted by Gasteiger charge is -2.30. The molecular weight excluding hydrogens is 1050 g/mol. The highest BCUT2D eigenvalue weighted by atomic mass is 16.6. The number of hydrogen-bond donors (Lipinski definition) is 10. The van der Waals surface area contributed by atoms with Gasteiger partial charge < -0.3 is 81.6 Å². The Hall–Kier alpha value is -6.92. The van der Waals surface area contributed by atoms with Crippen LogP contribution in [0, 0.1) is 23.7 Å². The van der Waals surface area contributed by atoms with Gasteiger partial charge in [-0.15, -0.1) is 0 Å². The standard InChI is InChI=1S/C29H43N3O8.C29H41N3O8.CH4/c2*1-15-11-19-24(31-5)21(33)14-20(26(19)35)32-28(36)16(2)9-8-10-22(38-6)27(40-29(30)37)18(4)13-17(3)25(34)23(12-15)39-7;/h8-10,13-15,17,22-23,25,27,31,33-35H,11-12H2,1-7H3,(H2,30,37)(H,32,36);8-10,13-15,17,22-23,25,27,31,34H,11-12H2,1-7H3,(H2,30,37)(H,32,36);1H4/p+1/b2*10-8-,16-9+,18-13+;/t2*15-,17+,22+,23+,25-,27+;/m11./s1. The molecule has 0 saturated carbocycles. The number of ether oxygens (including phenoxy) is 6. The number of benzene rings is 1. The maximum Gasteiger partial charge on any atom is 0.405 e. The minimum absolute atomic E-state index is 0. The number of Topliss-reactive ketones (excluding diaryl/α,β-unsaturated/α-hetero) is 1.